The van der Waals surface area contributed by atoms with E-state index < -0.39 is 0 Å². The van der Waals surface area contributed by atoms with E-state index in [1.165, 1.54) is 12.8 Å². The van der Waals surface area contributed by atoms with E-state index >= 15 is 0 Å². The third-order valence-corrected chi connectivity index (χ3v) is 6.91. The van der Waals surface area contributed by atoms with E-state index in [1.807, 2.05) is 0 Å². The van der Waals surface area contributed by atoms with Crippen LogP contribution < -0.4 is 5.32 Å². The molecular weight excluding hydrogens is 252 g/mol. The van der Waals surface area contributed by atoms with Crippen LogP contribution in [0.5, 0.6) is 0 Å². The number of hydrogen-bond donors (Lipinski definition) is 1. The Bertz CT molecular complexity index is 459. The summed E-state index contributed by atoms with van der Waals surface area (Å²) in [6.45, 7) is 7.03. The molecule has 0 unspecified atom stereocenters. The molecule has 1 saturated heterocycles. The van der Waals surface area contributed by atoms with E-state index in [0.717, 1.165) is 12.3 Å². The van der Waals surface area contributed by atoms with Gasteiger partial charge in [0.2, 0.25) is 11.8 Å². The van der Waals surface area contributed by atoms with Crippen molar-refractivity contribution in [3.63, 3.8) is 0 Å². The Labute approximate surface area is 121 Å². The second kappa shape index (κ2) is 4.22. The number of hydrogen-bond acceptors (Lipinski definition) is 2. The van der Waals surface area contributed by atoms with Gasteiger partial charge in [-0.15, -0.1) is 0 Å². The average molecular weight is 278 g/mol. The lowest BCUT2D eigenvalue weighted by molar-refractivity contribution is -0.134. The van der Waals surface area contributed by atoms with Crippen LogP contribution in [0.25, 0.3) is 0 Å². The van der Waals surface area contributed by atoms with Gasteiger partial charge in [0.1, 0.15) is 6.04 Å². The fourth-order valence-corrected chi connectivity index (χ4v) is 4.80. The van der Waals surface area contributed by atoms with E-state index in [2.05, 4.69) is 26.1 Å². The van der Waals surface area contributed by atoms with Gasteiger partial charge in [0, 0.05) is 19.5 Å². The Morgan fingerprint density at radius 2 is 2.00 bits per heavy atom. The van der Waals surface area contributed by atoms with Crippen LogP contribution in [-0.4, -0.2) is 35.8 Å². The van der Waals surface area contributed by atoms with Gasteiger partial charge in [0.05, 0.1) is 0 Å². The lowest BCUT2D eigenvalue weighted by Crippen LogP contribution is -2.52. The van der Waals surface area contributed by atoms with Gasteiger partial charge >= 0.3 is 0 Å². The molecule has 3 fully saturated rings. The van der Waals surface area contributed by atoms with Crippen molar-refractivity contribution in [3.8, 4) is 0 Å². The Hall–Kier alpha value is -1.06. The molecule has 2 amide bonds. The molecule has 0 aromatic rings. The molecule has 2 saturated carbocycles. The zero-order valence-corrected chi connectivity index (χ0v) is 13.0. The predicted molar refractivity (Wildman–Crippen MR) is 77.0 cm³/mol. The second-order valence-electron chi connectivity index (χ2n) is 7.73. The summed E-state index contributed by atoms with van der Waals surface area (Å²) in [6.07, 6.45) is 4.76. The first-order valence-corrected chi connectivity index (χ1v) is 7.83. The van der Waals surface area contributed by atoms with E-state index in [9.17, 15) is 9.59 Å². The van der Waals surface area contributed by atoms with Crippen molar-refractivity contribution in [1.82, 2.24) is 10.2 Å². The number of nitrogens with one attached hydrogen (secondary N) is 1. The monoisotopic (exact) mass is 278 g/mol. The zero-order valence-electron chi connectivity index (χ0n) is 13.0. The number of amides is 2. The Morgan fingerprint density at radius 1 is 1.30 bits per heavy atom. The molecule has 0 spiro atoms. The third-order valence-electron chi connectivity index (χ3n) is 6.91. The molecule has 4 nitrogen and oxygen atoms in total. The number of likely N-dealkylation sites (N-methyl/N-ethyl adjacent to an activating group) is 1. The summed E-state index contributed by atoms with van der Waals surface area (Å²) in [6, 6.07) is 0.0150. The lowest BCUT2D eigenvalue weighted by atomic mass is 9.69. The highest BCUT2D eigenvalue weighted by Gasteiger charge is 2.61. The normalized spacial score (nSPS) is 42.3. The van der Waals surface area contributed by atoms with Gasteiger partial charge in [-0.2, -0.15) is 0 Å². The maximum atomic E-state index is 12.5. The summed E-state index contributed by atoms with van der Waals surface area (Å²) in [5.41, 5.74) is 0.511. The molecule has 1 N–H and O–H groups in total. The van der Waals surface area contributed by atoms with Gasteiger partial charge in [-0.1, -0.05) is 20.8 Å². The van der Waals surface area contributed by atoms with E-state index in [-0.39, 0.29) is 29.3 Å². The van der Waals surface area contributed by atoms with Gasteiger partial charge in [-0.05, 0) is 42.4 Å². The Balaban J connectivity index is 1.71. The molecular formula is C16H26N2O2. The van der Waals surface area contributed by atoms with Crippen molar-refractivity contribution in [1.29, 1.82) is 0 Å². The highest BCUT2D eigenvalue weighted by Crippen LogP contribution is 2.65. The largest absolute Gasteiger partial charge is 0.351 e. The molecule has 20 heavy (non-hydrogen) atoms. The first-order valence-electron chi connectivity index (χ1n) is 7.83. The highest BCUT2D eigenvalue weighted by atomic mass is 16.2. The molecule has 4 atom stereocenters. The van der Waals surface area contributed by atoms with E-state index in [1.54, 1.807) is 11.9 Å². The molecule has 1 heterocycles. The van der Waals surface area contributed by atoms with Crippen molar-refractivity contribution in [2.24, 2.45) is 16.7 Å². The van der Waals surface area contributed by atoms with Crippen LogP contribution >= 0.6 is 0 Å². The number of carbonyl (C=O) groups excluding carboxylic acids is 2. The molecule has 4 heteroatoms. The molecule has 3 aliphatic rings. The number of likely N-dealkylation sites (tertiary alicyclic amines) is 1. The van der Waals surface area contributed by atoms with Gasteiger partial charge in [-0.3, -0.25) is 9.59 Å². The quantitative estimate of drug-likeness (QED) is 0.839. The Kier molecular flexibility index (Phi) is 2.93. The fourth-order valence-electron chi connectivity index (χ4n) is 4.80. The second-order valence-corrected chi connectivity index (χ2v) is 7.73. The standard InChI is InChI=1S/C16H26N2O2/c1-15(2)10-7-8-16(15,3)12(9-10)17-14(20)11-5-6-13(19)18(11)4/h10-12H,5-9H2,1-4H3,(H,17,20)/t10-,11-,12+,16-/m1/s1. The van der Waals surface area contributed by atoms with Crippen LogP contribution in [0.1, 0.15) is 52.9 Å². The van der Waals surface area contributed by atoms with Gasteiger partial charge < -0.3 is 10.2 Å². The molecule has 2 aliphatic carbocycles. The molecule has 0 aromatic carbocycles. The SMILES string of the molecule is CN1C(=O)CC[C@@H]1C(=O)N[C@H]1C[C@H]2CC[C@@]1(C)C2(C)C. The van der Waals surface area contributed by atoms with Crippen LogP contribution in [0.3, 0.4) is 0 Å². The summed E-state index contributed by atoms with van der Waals surface area (Å²) in [4.78, 5) is 25.7. The zero-order chi connectivity index (χ0) is 14.7. The first kappa shape index (κ1) is 13.9. The van der Waals surface area contributed by atoms with Crippen LogP contribution in [-0.2, 0) is 9.59 Å². The minimum Gasteiger partial charge on any atom is -0.351 e. The lowest BCUT2D eigenvalue weighted by Gasteiger charge is -2.40. The first-order chi connectivity index (χ1) is 9.27. The fraction of sp³-hybridized carbons (Fsp3) is 0.875. The van der Waals surface area contributed by atoms with Crippen LogP contribution in [0.4, 0.5) is 0 Å². The van der Waals surface area contributed by atoms with Crippen molar-refractivity contribution in [2.75, 3.05) is 7.05 Å². The highest BCUT2D eigenvalue weighted by molar-refractivity contribution is 5.90. The minimum atomic E-state index is -0.256. The number of fused-ring (bicyclic) bond motifs is 2. The molecule has 3 rings (SSSR count). The Morgan fingerprint density at radius 3 is 2.45 bits per heavy atom. The summed E-state index contributed by atoms with van der Waals surface area (Å²) in [5, 5.41) is 3.27. The van der Waals surface area contributed by atoms with Gasteiger partial charge in [0.25, 0.3) is 0 Å². The smallest absolute Gasteiger partial charge is 0.243 e. The molecule has 2 bridgehead atoms. The maximum absolute atomic E-state index is 12.5. The summed E-state index contributed by atoms with van der Waals surface area (Å²) < 4.78 is 0. The number of nitrogens with zero attached hydrogens (tertiary/aromatic N) is 1. The maximum Gasteiger partial charge on any atom is 0.243 e. The topological polar surface area (TPSA) is 49.4 Å². The minimum absolute atomic E-state index is 0.0490. The molecule has 112 valence electrons. The number of rotatable bonds is 2. The number of carbonyl (C=O) groups is 2. The summed E-state index contributed by atoms with van der Waals surface area (Å²) in [7, 11) is 1.74. The van der Waals surface area contributed by atoms with Crippen molar-refractivity contribution in [2.45, 2.75) is 65.0 Å². The predicted octanol–water partition coefficient (Wildman–Crippen LogP) is 1.94. The van der Waals surface area contributed by atoms with E-state index in [0.29, 0.717) is 18.3 Å². The van der Waals surface area contributed by atoms with Crippen LogP contribution in [0.15, 0.2) is 0 Å². The van der Waals surface area contributed by atoms with Crippen molar-refractivity contribution in [3.05, 3.63) is 0 Å². The van der Waals surface area contributed by atoms with Crippen LogP contribution in [0, 0.1) is 16.7 Å². The summed E-state index contributed by atoms with van der Waals surface area (Å²) in [5.74, 6) is 0.860. The van der Waals surface area contributed by atoms with Crippen LogP contribution in [0.2, 0.25) is 0 Å². The van der Waals surface area contributed by atoms with Crippen molar-refractivity contribution < 1.29 is 9.59 Å². The third kappa shape index (κ3) is 1.66. The van der Waals surface area contributed by atoms with Gasteiger partial charge in [-0.25, -0.2) is 0 Å². The summed E-state index contributed by atoms with van der Waals surface area (Å²) >= 11 is 0. The van der Waals surface area contributed by atoms with E-state index in [4.69, 9.17) is 0 Å². The molecule has 0 aromatic heterocycles. The average Bonchev–Trinajstić information content (AvgIpc) is 2.88. The van der Waals surface area contributed by atoms with Gasteiger partial charge in [0.15, 0.2) is 0 Å². The molecule has 0 radical (unpaired) electrons. The van der Waals surface area contributed by atoms with Crippen molar-refractivity contribution >= 4 is 11.8 Å². The molecule has 1 aliphatic heterocycles.